The third-order valence-corrected chi connectivity index (χ3v) is 4.45. The predicted molar refractivity (Wildman–Crippen MR) is 94.0 cm³/mol. The number of aliphatic hydroxyl groups excluding tert-OH is 1. The third kappa shape index (κ3) is 10.0. The van der Waals surface area contributed by atoms with Crippen LogP contribution in [0.1, 0.15) is 109 Å². The summed E-state index contributed by atoms with van der Waals surface area (Å²) in [5.41, 5.74) is 0. The molecule has 2 nitrogen and oxygen atoms in total. The van der Waals surface area contributed by atoms with Crippen molar-refractivity contribution in [3.63, 3.8) is 0 Å². The largest absolute Gasteiger partial charge is 0.467 e. The van der Waals surface area contributed by atoms with Gasteiger partial charge in [0.15, 0.2) is 0 Å². The summed E-state index contributed by atoms with van der Waals surface area (Å²) >= 11 is 0. The predicted octanol–water partition coefficient (Wildman–Crippen LogP) is 6.79. The number of unbranched alkanes of at least 4 members (excludes halogenated alkanes) is 12. The van der Waals surface area contributed by atoms with E-state index in [-0.39, 0.29) is 0 Å². The summed E-state index contributed by atoms with van der Waals surface area (Å²) in [6, 6.07) is 3.69. The van der Waals surface area contributed by atoms with Crippen molar-refractivity contribution in [2.45, 2.75) is 103 Å². The van der Waals surface area contributed by atoms with E-state index in [2.05, 4.69) is 6.92 Å². The Hall–Kier alpha value is -0.760. The van der Waals surface area contributed by atoms with Crippen LogP contribution in [0.5, 0.6) is 0 Å². The molecule has 0 unspecified atom stereocenters. The van der Waals surface area contributed by atoms with Gasteiger partial charge in [0, 0.05) is 0 Å². The first-order valence-electron chi connectivity index (χ1n) is 9.56. The molecule has 0 radical (unpaired) electrons. The highest BCUT2D eigenvalue weighted by atomic mass is 16.4. The smallest absolute Gasteiger partial charge is 0.132 e. The summed E-state index contributed by atoms with van der Waals surface area (Å²) in [6.07, 6.45) is 19.7. The van der Waals surface area contributed by atoms with Crippen LogP contribution in [0, 0.1) is 0 Å². The van der Waals surface area contributed by atoms with Gasteiger partial charge in [-0.2, -0.15) is 0 Å². The van der Waals surface area contributed by atoms with Gasteiger partial charge in [-0.05, 0) is 18.6 Å². The molecule has 0 saturated heterocycles. The highest BCUT2D eigenvalue weighted by molar-refractivity contribution is 5.01. The van der Waals surface area contributed by atoms with Gasteiger partial charge < -0.3 is 9.52 Å². The molecule has 0 amide bonds. The number of aliphatic hydroxyl groups is 1. The molecule has 1 aromatic heterocycles. The number of hydrogen-bond donors (Lipinski definition) is 1. The quantitative estimate of drug-likeness (QED) is 0.362. The SMILES string of the molecule is CCCCCCCCCCCCCCC[C@@H](O)c1ccco1. The Bertz CT molecular complexity index is 318. The maximum Gasteiger partial charge on any atom is 0.132 e. The van der Waals surface area contributed by atoms with Crippen molar-refractivity contribution in [3.8, 4) is 0 Å². The van der Waals surface area contributed by atoms with Crippen LogP contribution in [0.3, 0.4) is 0 Å². The molecule has 0 aliphatic carbocycles. The van der Waals surface area contributed by atoms with E-state index in [1.54, 1.807) is 6.26 Å². The topological polar surface area (TPSA) is 33.4 Å². The van der Waals surface area contributed by atoms with Gasteiger partial charge in [0.05, 0.1) is 6.26 Å². The van der Waals surface area contributed by atoms with Crippen molar-refractivity contribution >= 4 is 0 Å². The van der Waals surface area contributed by atoms with Crippen LogP contribution in [0.25, 0.3) is 0 Å². The van der Waals surface area contributed by atoms with Gasteiger partial charge in [0.2, 0.25) is 0 Å². The average Bonchev–Trinajstić information content (AvgIpc) is 3.06. The highest BCUT2D eigenvalue weighted by Crippen LogP contribution is 2.20. The zero-order valence-corrected chi connectivity index (χ0v) is 14.6. The first kappa shape index (κ1) is 19.3. The van der Waals surface area contributed by atoms with Crippen LogP contribution in [-0.2, 0) is 0 Å². The Morgan fingerprint density at radius 3 is 1.77 bits per heavy atom. The van der Waals surface area contributed by atoms with Gasteiger partial charge in [-0.1, -0.05) is 90.4 Å². The number of furan rings is 1. The lowest BCUT2D eigenvalue weighted by molar-refractivity contribution is 0.136. The lowest BCUT2D eigenvalue weighted by Gasteiger charge is -2.07. The second-order valence-corrected chi connectivity index (χ2v) is 6.56. The molecule has 0 fully saturated rings. The molecule has 22 heavy (non-hydrogen) atoms. The Morgan fingerprint density at radius 2 is 1.32 bits per heavy atom. The second kappa shape index (κ2) is 13.9. The summed E-state index contributed by atoms with van der Waals surface area (Å²) in [6.45, 7) is 2.28. The van der Waals surface area contributed by atoms with Gasteiger partial charge in [-0.15, -0.1) is 0 Å². The Morgan fingerprint density at radius 1 is 0.818 bits per heavy atom. The van der Waals surface area contributed by atoms with E-state index in [9.17, 15) is 5.11 Å². The van der Waals surface area contributed by atoms with Gasteiger partial charge in [-0.25, -0.2) is 0 Å². The van der Waals surface area contributed by atoms with Crippen LogP contribution in [0.15, 0.2) is 22.8 Å². The fraction of sp³-hybridized carbons (Fsp3) is 0.800. The fourth-order valence-electron chi connectivity index (χ4n) is 2.98. The lowest BCUT2D eigenvalue weighted by atomic mass is 10.0. The molecule has 0 saturated carbocycles. The standard InChI is InChI=1S/C20H36O2/c1-2-3-4-5-6-7-8-9-10-11-12-13-14-16-19(21)20-17-15-18-22-20/h15,17-19,21H,2-14,16H2,1H3/t19-/m1/s1. The third-order valence-electron chi connectivity index (χ3n) is 4.45. The zero-order chi connectivity index (χ0) is 15.9. The van der Waals surface area contributed by atoms with E-state index in [0.717, 1.165) is 12.8 Å². The minimum Gasteiger partial charge on any atom is -0.467 e. The average molecular weight is 309 g/mol. The molecule has 1 atom stereocenters. The molecule has 2 heteroatoms. The van der Waals surface area contributed by atoms with Crippen molar-refractivity contribution < 1.29 is 9.52 Å². The van der Waals surface area contributed by atoms with Crippen LogP contribution < -0.4 is 0 Å². The van der Waals surface area contributed by atoms with Crippen molar-refractivity contribution in [1.82, 2.24) is 0 Å². The molecule has 0 aromatic carbocycles. The summed E-state index contributed by atoms with van der Waals surface area (Å²) in [7, 11) is 0. The molecule has 128 valence electrons. The van der Waals surface area contributed by atoms with Crippen molar-refractivity contribution in [1.29, 1.82) is 0 Å². The molecule has 1 heterocycles. The summed E-state index contributed by atoms with van der Waals surface area (Å²) in [5, 5.41) is 9.89. The van der Waals surface area contributed by atoms with E-state index >= 15 is 0 Å². The number of rotatable bonds is 15. The summed E-state index contributed by atoms with van der Waals surface area (Å²) < 4.78 is 5.21. The first-order valence-corrected chi connectivity index (χ1v) is 9.56. The maximum absolute atomic E-state index is 9.89. The fourth-order valence-corrected chi connectivity index (χ4v) is 2.98. The Kier molecular flexibility index (Phi) is 12.2. The van der Waals surface area contributed by atoms with E-state index in [1.807, 2.05) is 12.1 Å². The second-order valence-electron chi connectivity index (χ2n) is 6.56. The molecule has 0 aliphatic heterocycles. The van der Waals surface area contributed by atoms with Crippen LogP contribution in [-0.4, -0.2) is 5.11 Å². The van der Waals surface area contributed by atoms with E-state index in [0.29, 0.717) is 5.76 Å². The van der Waals surface area contributed by atoms with Crippen LogP contribution in [0.2, 0.25) is 0 Å². The summed E-state index contributed by atoms with van der Waals surface area (Å²) in [5.74, 6) is 0.707. The lowest BCUT2D eigenvalue weighted by Crippen LogP contribution is -1.95. The molecule has 0 aliphatic rings. The van der Waals surface area contributed by atoms with Gasteiger partial charge in [0.1, 0.15) is 11.9 Å². The van der Waals surface area contributed by atoms with Crippen molar-refractivity contribution in [2.75, 3.05) is 0 Å². The van der Waals surface area contributed by atoms with E-state index < -0.39 is 6.10 Å². The van der Waals surface area contributed by atoms with Gasteiger partial charge in [-0.3, -0.25) is 0 Å². The first-order chi connectivity index (χ1) is 10.8. The monoisotopic (exact) mass is 308 g/mol. The number of hydrogen-bond acceptors (Lipinski definition) is 2. The van der Waals surface area contributed by atoms with Gasteiger partial charge >= 0.3 is 0 Å². The van der Waals surface area contributed by atoms with E-state index in [4.69, 9.17) is 4.42 Å². The molecule has 0 spiro atoms. The molecular formula is C20H36O2. The van der Waals surface area contributed by atoms with Gasteiger partial charge in [0.25, 0.3) is 0 Å². The van der Waals surface area contributed by atoms with Crippen molar-refractivity contribution in [3.05, 3.63) is 24.2 Å². The molecule has 1 rings (SSSR count). The molecule has 1 N–H and O–H groups in total. The van der Waals surface area contributed by atoms with Crippen LogP contribution >= 0.6 is 0 Å². The summed E-state index contributed by atoms with van der Waals surface area (Å²) in [4.78, 5) is 0. The van der Waals surface area contributed by atoms with Crippen LogP contribution in [0.4, 0.5) is 0 Å². The highest BCUT2D eigenvalue weighted by Gasteiger charge is 2.09. The minimum absolute atomic E-state index is 0.414. The normalized spacial score (nSPS) is 12.6. The van der Waals surface area contributed by atoms with E-state index in [1.165, 1.54) is 77.0 Å². The maximum atomic E-state index is 9.89. The molecular weight excluding hydrogens is 272 g/mol. The minimum atomic E-state index is -0.414. The van der Waals surface area contributed by atoms with Crippen molar-refractivity contribution in [2.24, 2.45) is 0 Å². The Balaban J connectivity index is 1.76. The Labute approximate surface area is 137 Å². The molecule has 1 aromatic rings. The molecule has 0 bridgehead atoms. The zero-order valence-electron chi connectivity index (χ0n) is 14.6.